The second-order valence-corrected chi connectivity index (χ2v) is 6.55. The third-order valence-electron chi connectivity index (χ3n) is 4.72. The third-order valence-corrected chi connectivity index (χ3v) is 4.72. The topological polar surface area (TPSA) is 57.8 Å². The smallest absolute Gasteiger partial charge is 0.262 e. The van der Waals surface area contributed by atoms with Gasteiger partial charge in [-0.1, -0.05) is 37.5 Å². The summed E-state index contributed by atoms with van der Waals surface area (Å²) in [5.41, 5.74) is 3.06. The number of nitrogens with zero attached hydrogens (tertiary/aromatic N) is 2. The molecule has 1 aromatic carbocycles. The summed E-state index contributed by atoms with van der Waals surface area (Å²) in [5, 5.41) is 12.5. The lowest BCUT2D eigenvalue weighted by molar-refractivity contribution is -0.117. The van der Waals surface area contributed by atoms with E-state index in [9.17, 15) is 10.1 Å². The van der Waals surface area contributed by atoms with E-state index in [-0.39, 0.29) is 17.5 Å². The van der Waals surface area contributed by atoms with Gasteiger partial charge in [0.05, 0.1) is 0 Å². The Kier molecular flexibility index (Phi) is 5.35. The molecule has 1 amide bonds. The summed E-state index contributed by atoms with van der Waals surface area (Å²) in [4.78, 5) is 12.5. The van der Waals surface area contributed by atoms with Crippen molar-refractivity contribution in [2.45, 2.75) is 45.1 Å². The quantitative estimate of drug-likeness (QED) is 0.675. The normalized spacial score (nSPS) is 15.6. The van der Waals surface area contributed by atoms with E-state index >= 15 is 0 Å². The Morgan fingerprint density at radius 2 is 1.88 bits per heavy atom. The minimum atomic E-state index is -0.270. The molecule has 128 valence electrons. The molecule has 0 aliphatic heterocycles. The van der Waals surface area contributed by atoms with Crippen LogP contribution < -0.4 is 5.32 Å². The van der Waals surface area contributed by atoms with Crippen molar-refractivity contribution < 1.29 is 4.79 Å². The van der Waals surface area contributed by atoms with Crippen molar-refractivity contribution in [2.24, 2.45) is 0 Å². The number of rotatable bonds is 4. The van der Waals surface area contributed by atoms with Crippen molar-refractivity contribution in [3.8, 4) is 11.8 Å². The van der Waals surface area contributed by atoms with E-state index in [4.69, 9.17) is 0 Å². The minimum absolute atomic E-state index is 0.154. The lowest BCUT2D eigenvalue weighted by Crippen LogP contribution is -2.36. The minimum Gasteiger partial charge on any atom is -0.349 e. The van der Waals surface area contributed by atoms with E-state index in [1.807, 2.05) is 54.0 Å². The summed E-state index contributed by atoms with van der Waals surface area (Å²) >= 11 is 0. The van der Waals surface area contributed by atoms with Crippen LogP contribution in [0.25, 0.3) is 11.8 Å². The Bertz CT molecular complexity index is 805. The molecule has 1 saturated carbocycles. The van der Waals surface area contributed by atoms with E-state index in [1.54, 1.807) is 6.08 Å². The average molecular weight is 333 g/mol. The van der Waals surface area contributed by atoms with Crippen molar-refractivity contribution in [1.29, 1.82) is 5.26 Å². The number of aromatic nitrogens is 1. The monoisotopic (exact) mass is 333 g/mol. The summed E-state index contributed by atoms with van der Waals surface area (Å²) in [7, 11) is 0. The summed E-state index contributed by atoms with van der Waals surface area (Å²) < 4.78 is 2.05. The molecule has 1 aliphatic carbocycles. The molecule has 0 bridgehead atoms. The van der Waals surface area contributed by atoms with Crippen LogP contribution in [0.4, 0.5) is 0 Å². The van der Waals surface area contributed by atoms with Crippen molar-refractivity contribution in [2.75, 3.05) is 0 Å². The van der Waals surface area contributed by atoms with Crippen LogP contribution in [0.5, 0.6) is 0 Å². The molecule has 1 aromatic heterocycles. The molecule has 0 saturated heterocycles. The van der Waals surface area contributed by atoms with Gasteiger partial charge in [-0.3, -0.25) is 4.79 Å². The van der Waals surface area contributed by atoms with Crippen molar-refractivity contribution in [3.05, 3.63) is 59.4 Å². The Balaban J connectivity index is 1.85. The number of aryl methyl sites for hydroxylation is 1. The maximum Gasteiger partial charge on any atom is 0.262 e. The van der Waals surface area contributed by atoms with Crippen LogP contribution in [0.2, 0.25) is 0 Å². The zero-order valence-electron chi connectivity index (χ0n) is 14.5. The number of nitrogens with one attached hydrogen (secondary N) is 1. The lowest BCUT2D eigenvalue weighted by Gasteiger charge is -2.22. The van der Waals surface area contributed by atoms with Gasteiger partial charge in [0.25, 0.3) is 5.91 Å². The SMILES string of the molecule is Cc1ccc(/C=C(/C#N)C(=O)NC2CCCCC2)n1-c1ccccc1. The molecule has 1 fully saturated rings. The van der Waals surface area contributed by atoms with Crippen LogP contribution in [-0.4, -0.2) is 16.5 Å². The van der Waals surface area contributed by atoms with Gasteiger partial charge in [-0.2, -0.15) is 5.26 Å². The molecule has 0 radical (unpaired) electrons. The number of para-hydroxylation sites is 1. The van der Waals surface area contributed by atoms with Gasteiger partial charge in [-0.15, -0.1) is 0 Å². The third kappa shape index (κ3) is 4.00. The first-order valence-corrected chi connectivity index (χ1v) is 8.85. The maximum absolute atomic E-state index is 12.5. The molecule has 1 aliphatic rings. The molecule has 0 unspecified atom stereocenters. The zero-order chi connectivity index (χ0) is 17.6. The Morgan fingerprint density at radius 3 is 2.56 bits per heavy atom. The number of carbonyl (C=O) groups is 1. The summed E-state index contributed by atoms with van der Waals surface area (Å²) in [6, 6.07) is 16.1. The molecule has 4 nitrogen and oxygen atoms in total. The standard InChI is InChI=1S/C21H23N3O/c1-16-12-13-20(24(16)19-10-6-3-7-11-19)14-17(15-22)21(25)23-18-8-4-2-5-9-18/h3,6-7,10-14,18H,2,4-5,8-9H2,1H3,(H,23,25)/b17-14-. The number of benzene rings is 1. The van der Waals surface area contributed by atoms with Crippen LogP contribution in [-0.2, 0) is 4.79 Å². The van der Waals surface area contributed by atoms with Gasteiger partial charge < -0.3 is 9.88 Å². The van der Waals surface area contributed by atoms with Crippen molar-refractivity contribution in [3.63, 3.8) is 0 Å². The largest absolute Gasteiger partial charge is 0.349 e. The molecule has 1 heterocycles. The summed E-state index contributed by atoms with van der Waals surface area (Å²) in [6.07, 6.45) is 7.21. The van der Waals surface area contributed by atoms with Gasteiger partial charge in [0, 0.05) is 23.1 Å². The number of nitriles is 1. The highest BCUT2D eigenvalue weighted by Gasteiger charge is 2.18. The van der Waals surface area contributed by atoms with E-state index in [2.05, 4.69) is 11.4 Å². The molecule has 0 atom stereocenters. The molecule has 1 N–H and O–H groups in total. The molecular weight excluding hydrogens is 310 g/mol. The predicted molar refractivity (Wildman–Crippen MR) is 99.1 cm³/mol. The molecule has 3 rings (SSSR count). The van der Waals surface area contributed by atoms with E-state index in [1.165, 1.54) is 6.42 Å². The Morgan fingerprint density at radius 1 is 1.16 bits per heavy atom. The van der Waals surface area contributed by atoms with Crippen LogP contribution in [0, 0.1) is 18.3 Å². The summed E-state index contributed by atoms with van der Waals surface area (Å²) in [6.45, 7) is 2.01. The van der Waals surface area contributed by atoms with E-state index < -0.39 is 0 Å². The Labute approximate surface area is 148 Å². The number of amides is 1. The second-order valence-electron chi connectivity index (χ2n) is 6.55. The van der Waals surface area contributed by atoms with Gasteiger partial charge in [0.15, 0.2) is 0 Å². The molecule has 2 aromatic rings. The van der Waals surface area contributed by atoms with Crippen LogP contribution in [0.1, 0.15) is 43.5 Å². The summed E-state index contributed by atoms with van der Waals surface area (Å²) in [5.74, 6) is -0.270. The first-order valence-electron chi connectivity index (χ1n) is 8.85. The van der Waals surface area contributed by atoms with E-state index in [0.29, 0.717) is 0 Å². The average Bonchev–Trinajstić information content (AvgIpc) is 3.01. The van der Waals surface area contributed by atoms with Crippen molar-refractivity contribution in [1.82, 2.24) is 9.88 Å². The Hall–Kier alpha value is -2.80. The highest BCUT2D eigenvalue weighted by molar-refractivity contribution is 6.01. The van der Waals surface area contributed by atoms with Crippen molar-refractivity contribution >= 4 is 12.0 Å². The van der Waals surface area contributed by atoms with Crippen LogP contribution >= 0.6 is 0 Å². The van der Waals surface area contributed by atoms with E-state index in [0.717, 1.165) is 42.8 Å². The van der Waals surface area contributed by atoms with Gasteiger partial charge in [-0.25, -0.2) is 0 Å². The number of hydrogen-bond acceptors (Lipinski definition) is 2. The zero-order valence-corrected chi connectivity index (χ0v) is 14.5. The van der Waals surface area contributed by atoms with Gasteiger partial charge in [0.1, 0.15) is 11.6 Å². The maximum atomic E-state index is 12.5. The first-order chi connectivity index (χ1) is 12.2. The first kappa shape index (κ1) is 17.0. The predicted octanol–water partition coefficient (Wildman–Crippen LogP) is 4.14. The number of carbonyl (C=O) groups excluding carboxylic acids is 1. The van der Waals surface area contributed by atoms with Gasteiger partial charge in [0.2, 0.25) is 0 Å². The molecule has 4 heteroatoms. The fourth-order valence-electron chi connectivity index (χ4n) is 3.41. The fourth-order valence-corrected chi connectivity index (χ4v) is 3.41. The van der Waals surface area contributed by atoms with Gasteiger partial charge >= 0.3 is 0 Å². The highest BCUT2D eigenvalue weighted by atomic mass is 16.1. The fraction of sp³-hybridized carbons (Fsp3) is 0.333. The molecular formula is C21H23N3O. The second kappa shape index (κ2) is 7.85. The van der Waals surface area contributed by atoms with Gasteiger partial charge in [-0.05, 0) is 50.1 Å². The molecule has 25 heavy (non-hydrogen) atoms. The lowest BCUT2D eigenvalue weighted by atomic mass is 9.95. The highest BCUT2D eigenvalue weighted by Crippen LogP contribution is 2.20. The van der Waals surface area contributed by atoms with Crippen LogP contribution in [0.15, 0.2) is 48.0 Å². The number of hydrogen-bond donors (Lipinski definition) is 1. The van der Waals surface area contributed by atoms with Crippen LogP contribution in [0.3, 0.4) is 0 Å². The molecule has 0 spiro atoms.